The molecule has 0 atom stereocenters. The van der Waals surface area contributed by atoms with Crippen LogP contribution < -0.4 is 15.0 Å². The highest BCUT2D eigenvalue weighted by Crippen LogP contribution is 2.28. The fourth-order valence-electron chi connectivity index (χ4n) is 3.64. The molecule has 1 aromatic heterocycles. The van der Waals surface area contributed by atoms with Crippen LogP contribution >= 0.6 is 0 Å². The number of methoxy groups -OCH3 is 1. The summed E-state index contributed by atoms with van der Waals surface area (Å²) in [4.78, 5) is 17.1. The zero-order valence-corrected chi connectivity index (χ0v) is 17.1. The van der Waals surface area contributed by atoms with Crippen molar-refractivity contribution in [1.82, 2.24) is 15.4 Å². The summed E-state index contributed by atoms with van der Waals surface area (Å²) in [7, 11) is 1.70. The third-order valence-electron chi connectivity index (χ3n) is 5.31. The van der Waals surface area contributed by atoms with Crippen LogP contribution in [-0.4, -0.2) is 62.3 Å². The molecule has 7 nitrogen and oxygen atoms in total. The molecule has 156 valence electrons. The molecule has 1 saturated heterocycles. The molecule has 0 radical (unpaired) electrons. The summed E-state index contributed by atoms with van der Waals surface area (Å²) in [5, 5.41) is 6.83. The maximum absolute atomic E-state index is 12.4. The van der Waals surface area contributed by atoms with Gasteiger partial charge in [0.2, 0.25) is 0 Å². The number of hydrogen-bond donors (Lipinski definition) is 1. The molecule has 4 rings (SSSR count). The van der Waals surface area contributed by atoms with E-state index in [1.165, 1.54) is 0 Å². The normalized spacial score (nSPS) is 14.5. The maximum atomic E-state index is 12.4. The first-order valence-corrected chi connectivity index (χ1v) is 10.2. The molecule has 0 aliphatic carbocycles. The van der Waals surface area contributed by atoms with E-state index in [0.717, 1.165) is 49.7 Å². The fourth-order valence-corrected chi connectivity index (χ4v) is 3.64. The van der Waals surface area contributed by atoms with Gasteiger partial charge in [-0.3, -0.25) is 9.69 Å². The molecule has 1 fully saturated rings. The predicted octanol–water partition coefficient (Wildman–Crippen LogP) is 2.90. The quantitative estimate of drug-likeness (QED) is 0.651. The van der Waals surface area contributed by atoms with Crippen molar-refractivity contribution in [2.45, 2.75) is 0 Å². The third kappa shape index (κ3) is 4.63. The Balaban J connectivity index is 1.23. The number of ether oxygens (including phenoxy) is 1. The lowest BCUT2D eigenvalue weighted by Crippen LogP contribution is -2.48. The topological polar surface area (TPSA) is 70.8 Å². The van der Waals surface area contributed by atoms with Crippen molar-refractivity contribution in [1.29, 1.82) is 0 Å². The monoisotopic (exact) mass is 406 g/mol. The highest BCUT2D eigenvalue weighted by Gasteiger charge is 2.20. The van der Waals surface area contributed by atoms with E-state index < -0.39 is 0 Å². The number of amides is 1. The summed E-state index contributed by atoms with van der Waals surface area (Å²) < 4.78 is 10.8. The van der Waals surface area contributed by atoms with Gasteiger partial charge in [-0.15, -0.1) is 0 Å². The van der Waals surface area contributed by atoms with Crippen LogP contribution in [0.1, 0.15) is 10.5 Å². The lowest BCUT2D eigenvalue weighted by atomic mass is 10.1. The van der Waals surface area contributed by atoms with Gasteiger partial charge in [-0.25, -0.2) is 0 Å². The Hall–Kier alpha value is -3.32. The number of para-hydroxylation sites is 2. The Morgan fingerprint density at radius 3 is 2.57 bits per heavy atom. The van der Waals surface area contributed by atoms with Crippen LogP contribution in [0.4, 0.5) is 5.69 Å². The highest BCUT2D eigenvalue weighted by molar-refractivity contribution is 5.93. The maximum Gasteiger partial charge on any atom is 0.273 e. The Morgan fingerprint density at radius 1 is 1.07 bits per heavy atom. The molecular weight excluding hydrogens is 380 g/mol. The Kier molecular flexibility index (Phi) is 6.29. The van der Waals surface area contributed by atoms with Crippen molar-refractivity contribution in [3.8, 4) is 17.1 Å². The molecule has 0 bridgehead atoms. The zero-order valence-electron chi connectivity index (χ0n) is 17.1. The fraction of sp³-hybridized carbons (Fsp3) is 0.304. The highest BCUT2D eigenvalue weighted by atomic mass is 16.5. The van der Waals surface area contributed by atoms with Crippen LogP contribution in [0.3, 0.4) is 0 Å². The van der Waals surface area contributed by atoms with Gasteiger partial charge in [-0.05, 0) is 12.1 Å². The standard InChI is InChI=1S/C23H26N4O3/c1-29-21-10-6-5-9-20(21)27-15-13-26(14-16-27)12-11-24-23(28)19-17-22(30-25-19)18-7-3-2-4-8-18/h2-10,17H,11-16H2,1H3,(H,24,28). The molecular formula is C23H26N4O3. The van der Waals surface area contributed by atoms with E-state index in [2.05, 4.69) is 26.3 Å². The average molecular weight is 406 g/mol. The van der Waals surface area contributed by atoms with Gasteiger partial charge >= 0.3 is 0 Å². The molecule has 2 aromatic carbocycles. The molecule has 1 aliphatic rings. The molecule has 1 aliphatic heterocycles. The minimum Gasteiger partial charge on any atom is -0.495 e. The van der Waals surface area contributed by atoms with Crippen LogP contribution in [0.2, 0.25) is 0 Å². The van der Waals surface area contributed by atoms with Gasteiger partial charge in [0.25, 0.3) is 5.91 Å². The first kappa shape index (κ1) is 20.0. The van der Waals surface area contributed by atoms with Crippen molar-refractivity contribution in [2.24, 2.45) is 0 Å². The lowest BCUT2D eigenvalue weighted by Gasteiger charge is -2.36. The summed E-state index contributed by atoms with van der Waals surface area (Å²) in [6.07, 6.45) is 0. The van der Waals surface area contributed by atoms with Gasteiger partial charge in [0.15, 0.2) is 11.5 Å². The van der Waals surface area contributed by atoms with E-state index in [9.17, 15) is 4.79 Å². The van der Waals surface area contributed by atoms with Crippen molar-refractivity contribution >= 4 is 11.6 Å². The van der Waals surface area contributed by atoms with Gasteiger partial charge in [-0.1, -0.05) is 47.6 Å². The molecule has 0 spiro atoms. The number of benzene rings is 2. The molecule has 30 heavy (non-hydrogen) atoms. The van der Waals surface area contributed by atoms with Crippen LogP contribution in [-0.2, 0) is 0 Å². The number of rotatable bonds is 7. The van der Waals surface area contributed by atoms with E-state index in [-0.39, 0.29) is 5.91 Å². The number of carbonyl (C=O) groups is 1. The molecule has 0 saturated carbocycles. The molecule has 0 unspecified atom stereocenters. The summed E-state index contributed by atoms with van der Waals surface area (Å²) >= 11 is 0. The summed E-state index contributed by atoms with van der Waals surface area (Å²) in [6, 6.07) is 19.4. The number of hydrogen-bond acceptors (Lipinski definition) is 6. The predicted molar refractivity (Wildman–Crippen MR) is 116 cm³/mol. The van der Waals surface area contributed by atoms with Gasteiger partial charge in [-0.2, -0.15) is 0 Å². The molecule has 3 aromatic rings. The largest absolute Gasteiger partial charge is 0.495 e. The molecule has 7 heteroatoms. The first-order valence-electron chi connectivity index (χ1n) is 10.2. The lowest BCUT2D eigenvalue weighted by molar-refractivity contribution is 0.0939. The molecule has 1 amide bonds. The third-order valence-corrected chi connectivity index (χ3v) is 5.31. The number of nitrogens with zero attached hydrogens (tertiary/aromatic N) is 3. The van der Waals surface area contributed by atoms with E-state index in [4.69, 9.17) is 9.26 Å². The van der Waals surface area contributed by atoms with E-state index in [1.54, 1.807) is 13.2 Å². The van der Waals surface area contributed by atoms with Gasteiger partial charge < -0.3 is 19.5 Å². The number of piperazine rings is 1. The Morgan fingerprint density at radius 2 is 1.80 bits per heavy atom. The Bertz CT molecular complexity index is 965. The van der Waals surface area contributed by atoms with Gasteiger partial charge in [0.1, 0.15) is 5.75 Å². The van der Waals surface area contributed by atoms with E-state index >= 15 is 0 Å². The zero-order chi connectivity index (χ0) is 20.8. The van der Waals surface area contributed by atoms with Gasteiger partial charge in [0, 0.05) is 50.9 Å². The summed E-state index contributed by atoms with van der Waals surface area (Å²) in [6.45, 7) is 5.11. The van der Waals surface area contributed by atoms with Gasteiger partial charge in [0.05, 0.1) is 12.8 Å². The van der Waals surface area contributed by atoms with Crippen LogP contribution in [0.5, 0.6) is 5.75 Å². The minimum absolute atomic E-state index is 0.214. The van der Waals surface area contributed by atoms with Crippen molar-refractivity contribution in [3.05, 3.63) is 66.4 Å². The molecule has 2 heterocycles. The Labute approximate surface area is 176 Å². The second-order valence-corrected chi connectivity index (χ2v) is 7.20. The number of nitrogens with one attached hydrogen (secondary N) is 1. The van der Waals surface area contributed by atoms with E-state index in [0.29, 0.717) is 18.0 Å². The van der Waals surface area contributed by atoms with E-state index in [1.807, 2.05) is 48.5 Å². The van der Waals surface area contributed by atoms with Crippen molar-refractivity contribution < 1.29 is 14.1 Å². The first-order chi connectivity index (χ1) is 14.7. The number of aromatic nitrogens is 1. The van der Waals surface area contributed by atoms with Crippen LogP contribution in [0.15, 0.2) is 65.2 Å². The second kappa shape index (κ2) is 9.45. The SMILES string of the molecule is COc1ccccc1N1CCN(CCNC(=O)c2cc(-c3ccccc3)on2)CC1. The number of anilines is 1. The smallest absolute Gasteiger partial charge is 0.273 e. The molecule has 1 N–H and O–H groups in total. The van der Waals surface area contributed by atoms with Crippen LogP contribution in [0.25, 0.3) is 11.3 Å². The second-order valence-electron chi connectivity index (χ2n) is 7.20. The summed E-state index contributed by atoms with van der Waals surface area (Å²) in [5.41, 5.74) is 2.33. The van der Waals surface area contributed by atoms with Crippen molar-refractivity contribution in [3.63, 3.8) is 0 Å². The van der Waals surface area contributed by atoms with Crippen LogP contribution in [0, 0.1) is 0 Å². The van der Waals surface area contributed by atoms with Crippen molar-refractivity contribution in [2.75, 3.05) is 51.3 Å². The number of carbonyl (C=O) groups excluding carboxylic acids is 1. The average Bonchev–Trinajstić information content (AvgIpc) is 3.31. The summed E-state index contributed by atoms with van der Waals surface area (Å²) in [5.74, 6) is 1.28. The minimum atomic E-state index is -0.214.